The van der Waals surface area contributed by atoms with Crippen LogP contribution >= 0.6 is 0 Å². The van der Waals surface area contributed by atoms with Crippen LogP contribution in [0.3, 0.4) is 0 Å². The highest BCUT2D eigenvalue weighted by Gasteiger charge is 2.28. The van der Waals surface area contributed by atoms with E-state index in [0.717, 1.165) is 48.9 Å². The van der Waals surface area contributed by atoms with E-state index >= 15 is 0 Å². The molecule has 1 N–H and O–H groups in total. The van der Waals surface area contributed by atoms with Crippen LogP contribution in [0.15, 0.2) is 42.9 Å². The minimum Gasteiger partial charge on any atom is -0.443 e. The molecule has 10 heteroatoms. The first-order valence-electron chi connectivity index (χ1n) is 13.8. The molecule has 0 radical (unpaired) electrons. The summed E-state index contributed by atoms with van der Waals surface area (Å²) < 4.78 is 33.8. The number of carbonyl (C=O) groups excluding carboxylic acids is 1. The number of benzene rings is 1. The molecule has 0 bridgehead atoms. The zero-order valence-corrected chi connectivity index (χ0v) is 24.4. The maximum atomic E-state index is 12.8. The van der Waals surface area contributed by atoms with E-state index in [9.17, 15) is 13.2 Å². The third-order valence-corrected chi connectivity index (χ3v) is 9.35. The second-order valence-electron chi connectivity index (χ2n) is 11.1. The van der Waals surface area contributed by atoms with Gasteiger partial charge in [0.25, 0.3) is 0 Å². The van der Waals surface area contributed by atoms with Gasteiger partial charge in [-0.1, -0.05) is 38.1 Å². The monoisotopic (exact) mass is 555 g/mol. The van der Waals surface area contributed by atoms with E-state index in [1.165, 1.54) is 12.6 Å². The smallest absolute Gasteiger partial charge is 0.314 e. The number of nitrogens with one attached hydrogen (secondary N) is 1. The normalized spacial score (nSPS) is 18.8. The summed E-state index contributed by atoms with van der Waals surface area (Å²) in [7, 11) is 0.301. The molecule has 0 saturated heterocycles. The molecule has 39 heavy (non-hydrogen) atoms. The SMILES string of the molecule is CNS(=O)(=O)C[C@H]1CC[C@H](N(C)c2ncnc3c2ccn3COC(=O)C(C)c2ccc(CC(C)C)cc2)CC1. The minimum absolute atomic E-state index is 0.0727. The molecule has 0 aliphatic heterocycles. The predicted molar refractivity (Wildman–Crippen MR) is 154 cm³/mol. The summed E-state index contributed by atoms with van der Waals surface area (Å²) in [6.45, 7) is 6.33. The Hall–Kier alpha value is -2.98. The molecule has 0 amide bonds. The molecule has 2 aromatic heterocycles. The first kappa shape index (κ1) is 29.0. The van der Waals surface area contributed by atoms with Gasteiger partial charge < -0.3 is 9.64 Å². The van der Waals surface area contributed by atoms with E-state index in [0.29, 0.717) is 11.6 Å². The van der Waals surface area contributed by atoms with Crippen molar-refractivity contribution in [3.63, 3.8) is 0 Å². The van der Waals surface area contributed by atoms with Crippen molar-refractivity contribution in [3.05, 3.63) is 54.0 Å². The Bertz CT molecular complexity index is 1360. The van der Waals surface area contributed by atoms with E-state index < -0.39 is 10.0 Å². The van der Waals surface area contributed by atoms with Gasteiger partial charge in [-0.05, 0) is 75.1 Å². The molecule has 0 spiro atoms. The zero-order chi connectivity index (χ0) is 28.2. The third kappa shape index (κ3) is 7.16. The van der Waals surface area contributed by atoms with Gasteiger partial charge in [0.05, 0.1) is 17.1 Å². The Morgan fingerprint density at radius 3 is 2.44 bits per heavy atom. The van der Waals surface area contributed by atoms with Crippen LogP contribution in [0.2, 0.25) is 0 Å². The molecule has 9 nitrogen and oxygen atoms in total. The molecule has 1 unspecified atom stereocenters. The van der Waals surface area contributed by atoms with E-state index in [1.54, 1.807) is 6.33 Å². The number of ether oxygens (including phenoxy) is 1. The first-order valence-corrected chi connectivity index (χ1v) is 15.4. The van der Waals surface area contributed by atoms with Crippen molar-refractivity contribution in [2.75, 3.05) is 24.7 Å². The molecule has 4 rings (SSSR count). The molecule has 1 fully saturated rings. The lowest BCUT2D eigenvalue weighted by atomic mass is 9.86. The average molecular weight is 556 g/mol. The van der Waals surface area contributed by atoms with Crippen LogP contribution < -0.4 is 9.62 Å². The van der Waals surface area contributed by atoms with Gasteiger partial charge in [0, 0.05) is 19.3 Å². The molecular formula is C29H41N5O4S. The average Bonchev–Trinajstić information content (AvgIpc) is 3.34. The second kappa shape index (κ2) is 12.5. The van der Waals surface area contributed by atoms with Crippen LogP contribution in [0.5, 0.6) is 0 Å². The van der Waals surface area contributed by atoms with Gasteiger partial charge in [-0.3, -0.25) is 9.36 Å². The molecule has 3 aromatic rings. The van der Waals surface area contributed by atoms with Crippen molar-refractivity contribution in [3.8, 4) is 0 Å². The highest BCUT2D eigenvalue weighted by molar-refractivity contribution is 7.89. The van der Waals surface area contributed by atoms with Crippen LogP contribution in [0.4, 0.5) is 5.82 Å². The number of sulfonamides is 1. The Kier molecular flexibility index (Phi) is 9.27. The van der Waals surface area contributed by atoms with Gasteiger partial charge in [0.2, 0.25) is 10.0 Å². The van der Waals surface area contributed by atoms with Crippen LogP contribution in [0.1, 0.15) is 63.5 Å². The van der Waals surface area contributed by atoms with Crippen molar-refractivity contribution in [2.45, 2.75) is 71.6 Å². The molecule has 1 atom stereocenters. The summed E-state index contributed by atoms with van der Waals surface area (Å²) in [6.07, 6.45) is 7.95. The number of aromatic nitrogens is 3. The third-order valence-electron chi connectivity index (χ3n) is 7.82. The number of hydrogen-bond donors (Lipinski definition) is 1. The van der Waals surface area contributed by atoms with E-state index in [2.05, 4.69) is 45.6 Å². The second-order valence-corrected chi connectivity index (χ2v) is 13.1. The summed E-state index contributed by atoms with van der Waals surface area (Å²) in [5.74, 6) is 1.12. The highest BCUT2D eigenvalue weighted by Crippen LogP contribution is 2.32. The molecule has 1 aromatic carbocycles. The van der Waals surface area contributed by atoms with Gasteiger partial charge in [-0.15, -0.1) is 0 Å². The van der Waals surface area contributed by atoms with Gasteiger partial charge in [0.1, 0.15) is 17.8 Å². The minimum atomic E-state index is -3.20. The maximum Gasteiger partial charge on any atom is 0.314 e. The lowest BCUT2D eigenvalue weighted by molar-refractivity contribution is -0.148. The topological polar surface area (TPSA) is 106 Å². The Morgan fingerprint density at radius 1 is 1.10 bits per heavy atom. The number of rotatable bonds is 11. The summed E-state index contributed by atoms with van der Waals surface area (Å²) in [4.78, 5) is 24.0. The Morgan fingerprint density at radius 2 is 1.79 bits per heavy atom. The lowest BCUT2D eigenvalue weighted by Gasteiger charge is -2.35. The Labute approximate surface area is 232 Å². The van der Waals surface area contributed by atoms with Crippen molar-refractivity contribution in [1.82, 2.24) is 19.3 Å². The molecule has 212 valence electrons. The predicted octanol–water partition coefficient (Wildman–Crippen LogP) is 4.48. The highest BCUT2D eigenvalue weighted by atomic mass is 32.2. The maximum absolute atomic E-state index is 12.8. The standard InChI is InChI=1S/C29H41N5O4S/c1-20(2)16-22-6-10-24(11-7-22)21(3)29(35)38-19-34-15-14-26-27(31-18-32-28(26)34)33(5)25-12-8-23(9-13-25)17-39(36,37)30-4/h6-7,10-11,14-15,18,20-21,23,25,30H,8-9,12-13,16-17,19H2,1-5H3/t21?,23-,25-. The van der Waals surface area contributed by atoms with Gasteiger partial charge in [-0.25, -0.2) is 23.1 Å². The molecular weight excluding hydrogens is 514 g/mol. The summed E-state index contributed by atoms with van der Waals surface area (Å²) >= 11 is 0. The van der Waals surface area contributed by atoms with Crippen LogP contribution in [-0.4, -0.2) is 54.8 Å². The molecule has 2 heterocycles. The summed E-state index contributed by atoms with van der Waals surface area (Å²) in [5.41, 5.74) is 2.91. The fraction of sp³-hybridized carbons (Fsp3) is 0.552. The number of nitrogens with zero attached hydrogens (tertiary/aromatic N) is 4. The lowest BCUT2D eigenvalue weighted by Crippen LogP contribution is -2.38. The fourth-order valence-electron chi connectivity index (χ4n) is 5.45. The number of hydrogen-bond acceptors (Lipinski definition) is 7. The van der Waals surface area contributed by atoms with Crippen LogP contribution in [-0.2, 0) is 32.7 Å². The van der Waals surface area contributed by atoms with Crippen molar-refractivity contribution in [2.24, 2.45) is 11.8 Å². The number of anilines is 1. The fourth-order valence-corrected chi connectivity index (χ4v) is 6.57. The van der Waals surface area contributed by atoms with Gasteiger partial charge >= 0.3 is 5.97 Å². The van der Waals surface area contributed by atoms with Crippen molar-refractivity contribution in [1.29, 1.82) is 0 Å². The summed E-state index contributed by atoms with van der Waals surface area (Å²) in [5, 5.41) is 0.893. The summed E-state index contributed by atoms with van der Waals surface area (Å²) in [6, 6.07) is 10.4. The largest absolute Gasteiger partial charge is 0.443 e. The van der Waals surface area contributed by atoms with Gasteiger partial charge in [0.15, 0.2) is 6.73 Å². The van der Waals surface area contributed by atoms with E-state index in [-0.39, 0.29) is 36.3 Å². The van der Waals surface area contributed by atoms with Crippen LogP contribution in [0.25, 0.3) is 11.0 Å². The van der Waals surface area contributed by atoms with E-state index in [4.69, 9.17) is 4.74 Å². The quantitative estimate of drug-likeness (QED) is 0.348. The zero-order valence-electron chi connectivity index (χ0n) is 23.6. The molecule has 1 saturated carbocycles. The Balaban J connectivity index is 1.38. The number of fused-ring (bicyclic) bond motifs is 1. The molecule has 1 aliphatic carbocycles. The number of carbonyl (C=O) groups is 1. The number of esters is 1. The van der Waals surface area contributed by atoms with Crippen molar-refractivity contribution < 1.29 is 17.9 Å². The van der Waals surface area contributed by atoms with E-state index in [1.807, 2.05) is 42.9 Å². The van der Waals surface area contributed by atoms with Gasteiger partial charge in [-0.2, -0.15) is 0 Å². The molecule has 1 aliphatic rings. The van der Waals surface area contributed by atoms with Crippen LogP contribution in [0, 0.1) is 11.8 Å². The first-order chi connectivity index (χ1) is 18.6. The van der Waals surface area contributed by atoms with Crippen molar-refractivity contribution >= 4 is 32.8 Å².